The standard InChI is InChI=1S/BS3.Cs.2Li/c2-1(3)4;;;/q-3;3*+1. The van der Waals surface area contributed by atoms with Crippen LogP contribution < -0.4 is 107 Å². The first-order chi connectivity index (χ1) is 1.73. The Hall–Kier alpha value is 4.36. The van der Waals surface area contributed by atoms with Gasteiger partial charge in [0, 0.05) is 0 Å². The molecule has 0 heterocycles. The molecule has 0 saturated heterocycles. The van der Waals surface area contributed by atoms with Crippen molar-refractivity contribution in [3.63, 3.8) is 0 Å². The molecule has 0 atom stereocenters. The van der Waals surface area contributed by atoms with Gasteiger partial charge in [0.15, 0.2) is 0 Å². The molecule has 0 aromatic rings. The second-order valence-corrected chi connectivity index (χ2v) is 2.60. The van der Waals surface area contributed by atoms with Crippen LogP contribution in [0.25, 0.3) is 0 Å². The van der Waals surface area contributed by atoms with Crippen LogP contribution >= 0.6 is 0 Å². The van der Waals surface area contributed by atoms with Crippen LogP contribution in [0, 0.1) is 0 Å². The summed E-state index contributed by atoms with van der Waals surface area (Å²) < 4.78 is -0.417. The molecule has 24 valence electrons. The SMILES string of the molecule is [Cs+].[Li+].[Li+].[S-]B([S-])[S-]. The molecule has 0 aromatic carbocycles. The van der Waals surface area contributed by atoms with Crippen molar-refractivity contribution in [3.8, 4) is 0 Å². The van der Waals surface area contributed by atoms with Crippen molar-refractivity contribution < 1.29 is 107 Å². The molecule has 7 heteroatoms. The molecule has 0 radical (unpaired) electrons. The molecule has 0 aromatic heterocycles. The van der Waals surface area contributed by atoms with Crippen LogP contribution in [0.3, 0.4) is 0 Å². The average molecular weight is 254 g/mol. The molecule has 0 amide bonds. The summed E-state index contributed by atoms with van der Waals surface area (Å²) in [5.74, 6) is 0. The molecule has 0 nitrogen and oxygen atoms in total. The van der Waals surface area contributed by atoms with E-state index in [0.29, 0.717) is 0 Å². The molecule has 0 fully saturated rings. The first-order valence-electron chi connectivity index (χ1n) is 0.707. The van der Waals surface area contributed by atoms with Crippen LogP contribution in [0.4, 0.5) is 0 Å². The zero-order chi connectivity index (χ0) is 3.58. The van der Waals surface area contributed by atoms with Gasteiger partial charge in [-0.25, -0.2) is 0 Å². The fourth-order valence-corrected chi connectivity index (χ4v) is 0. The maximum atomic E-state index is 4.25. The second-order valence-electron chi connectivity index (χ2n) is 0.289. The minimum Gasteiger partial charge on any atom is -0.872 e. The van der Waals surface area contributed by atoms with E-state index in [0.717, 1.165) is 0 Å². The quantitative estimate of drug-likeness (QED) is 0.311. The summed E-state index contributed by atoms with van der Waals surface area (Å²) in [5.41, 5.74) is 0. The Morgan fingerprint density at radius 2 is 0.857 bits per heavy atom. The molecule has 0 aliphatic rings. The molecule has 0 bridgehead atoms. The van der Waals surface area contributed by atoms with E-state index < -0.39 is 4.55 Å². The Morgan fingerprint density at radius 1 is 0.857 bits per heavy atom. The molecule has 0 saturated carbocycles. The maximum Gasteiger partial charge on any atom is 1.00 e. The zero-order valence-corrected chi connectivity index (χ0v) is 13.5. The van der Waals surface area contributed by atoms with Crippen molar-refractivity contribution in [2.45, 2.75) is 0 Å². The third kappa shape index (κ3) is 38.1. The summed E-state index contributed by atoms with van der Waals surface area (Å²) in [6.45, 7) is 0. The molecule has 0 unspecified atom stereocenters. The number of hydrogen-bond donors (Lipinski definition) is 0. The van der Waals surface area contributed by atoms with Gasteiger partial charge in [-0.3, -0.25) is 0 Å². The Kier molecular flexibility index (Phi) is 53.9. The van der Waals surface area contributed by atoms with Crippen molar-refractivity contribution >= 4 is 42.0 Å². The van der Waals surface area contributed by atoms with E-state index in [4.69, 9.17) is 0 Å². The van der Waals surface area contributed by atoms with Crippen LogP contribution in [0.2, 0.25) is 0 Å². The van der Waals surface area contributed by atoms with E-state index >= 15 is 0 Å². The number of hydrogen-bond acceptors (Lipinski definition) is 3. The van der Waals surface area contributed by atoms with Crippen molar-refractivity contribution in [1.29, 1.82) is 0 Å². The molecule has 0 aliphatic heterocycles. The normalized spacial score (nSPS) is 3.86. The van der Waals surface area contributed by atoms with Gasteiger partial charge in [-0.15, -0.1) is 0 Å². The van der Waals surface area contributed by atoms with Gasteiger partial charge in [0.2, 0.25) is 0 Å². The first-order valence-corrected chi connectivity index (χ1v) is 2.12. The average Bonchev–Trinajstić information content (AvgIpc) is 0.811. The molecule has 7 heavy (non-hydrogen) atoms. The predicted octanol–water partition coefficient (Wildman–Crippen LogP) is -9.38. The predicted molar refractivity (Wildman–Crippen MR) is 27.8 cm³/mol. The van der Waals surface area contributed by atoms with E-state index in [1.165, 1.54) is 0 Å². The van der Waals surface area contributed by atoms with E-state index in [-0.39, 0.29) is 107 Å². The fourth-order valence-electron chi connectivity index (χ4n) is 0. The molecule has 0 aliphatic carbocycles. The van der Waals surface area contributed by atoms with Gasteiger partial charge in [0.25, 0.3) is 0 Å². The Morgan fingerprint density at radius 3 is 0.857 bits per heavy atom. The minimum absolute atomic E-state index is 0. The van der Waals surface area contributed by atoms with E-state index in [2.05, 4.69) is 37.4 Å². The Labute approximate surface area is 144 Å². The van der Waals surface area contributed by atoms with E-state index in [9.17, 15) is 0 Å². The van der Waals surface area contributed by atoms with E-state index in [1.807, 2.05) is 0 Å². The topological polar surface area (TPSA) is 0 Å². The Balaban J connectivity index is -0.0000000150. The van der Waals surface area contributed by atoms with Gasteiger partial charge in [-0.1, -0.05) is 0 Å². The zero-order valence-electron chi connectivity index (χ0n) is 4.80. The third-order valence-electron chi connectivity index (χ3n) is 0. The van der Waals surface area contributed by atoms with Crippen molar-refractivity contribution in [2.24, 2.45) is 0 Å². The van der Waals surface area contributed by atoms with Crippen LogP contribution in [0.5, 0.6) is 0 Å². The van der Waals surface area contributed by atoms with Gasteiger partial charge in [-0.05, 0) is 0 Å². The summed E-state index contributed by atoms with van der Waals surface area (Å²) in [4.78, 5) is 0. The Bertz CT molecular complexity index is 17.7. The van der Waals surface area contributed by atoms with Crippen molar-refractivity contribution in [3.05, 3.63) is 0 Å². The van der Waals surface area contributed by atoms with Crippen molar-refractivity contribution in [2.75, 3.05) is 0 Å². The third-order valence-corrected chi connectivity index (χ3v) is 0. The van der Waals surface area contributed by atoms with Crippen molar-refractivity contribution in [1.82, 2.24) is 0 Å². The van der Waals surface area contributed by atoms with Crippen LogP contribution in [-0.4, -0.2) is 4.55 Å². The van der Waals surface area contributed by atoms with Gasteiger partial charge in [0.05, 0.1) is 0 Å². The van der Waals surface area contributed by atoms with Gasteiger partial charge in [0.1, 0.15) is 0 Å². The molecular weight excluding hydrogens is 254 g/mol. The maximum absolute atomic E-state index is 4.25. The molecule has 0 spiro atoms. The number of rotatable bonds is 0. The summed E-state index contributed by atoms with van der Waals surface area (Å²) in [6, 6.07) is 0. The summed E-state index contributed by atoms with van der Waals surface area (Å²) in [6.07, 6.45) is 0. The molecular formula is BCsLi2S3. The van der Waals surface area contributed by atoms with E-state index in [1.54, 1.807) is 0 Å². The van der Waals surface area contributed by atoms with Crippen LogP contribution in [-0.2, 0) is 37.4 Å². The summed E-state index contributed by atoms with van der Waals surface area (Å²) >= 11 is 12.8. The summed E-state index contributed by atoms with van der Waals surface area (Å²) in [5, 5.41) is 0. The monoisotopic (exact) mass is 254 g/mol. The minimum atomic E-state index is -0.417. The first kappa shape index (κ1) is 22.5. The molecule has 0 N–H and O–H groups in total. The second kappa shape index (κ2) is 16.8. The van der Waals surface area contributed by atoms with Crippen LogP contribution in [0.15, 0.2) is 0 Å². The largest absolute Gasteiger partial charge is 1.00 e. The summed E-state index contributed by atoms with van der Waals surface area (Å²) in [7, 11) is 0. The van der Waals surface area contributed by atoms with Gasteiger partial charge in [-0.2, -0.15) is 0 Å². The van der Waals surface area contributed by atoms with Gasteiger partial charge >= 0.3 is 107 Å². The smallest absolute Gasteiger partial charge is 0.872 e. The van der Waals surface area contributed by atoms with Crippen LogP contribution in [0.1, 0.15) is 0 Å². The fraction of sp³-hybridized carbons (Fsp3) is 0. The van der Waals surface area contributed by atoms with Gasteiger partial charge < -0.3 is 42.0 Å². The molecule has 0 rings (SSSR count).